The summed E-state index contributed by atoms with van der Waals surface area (Å²) in [5.41, 5.74) is 1.32. The van der Waals surface area contributed by atoms with Gasteiger partial charge in [0.25, 0.3) is 0 Å². The molecule has 0 bridgehead atoms. The normalized spacial score (nSPS) is 11.3. The van der Waals surface area contributed by atoms with Crippen LogP contribution < -0.4 is 14.8 Å². The van der Waals surface area contributed by atoms with Crippen LogP contribution in [0.1, 0.15) is 29.3 Å². The lowest BCUT2D eigenvalue weighted by atomic mass is 10.1. The highest BCUT2D eigenvalue weighted by atomic mass is 32.2. The Hall–Kier alpha value is -2.62. The van der Waals surface area contributed by atoms with Crippen molar-refractivity contribution in [2.75, 3.05) is 38.7 Å². The molecule has 0 saturated heterocycles. The first-order valence-corrected chi connectivity index (χ1v) is 11.2. The van der Waals surface area contributed by atoms with Gasteiger partial charge >= 0.3 is 5.97 Å². The van der Waals surface area contributed by atoms with E-state index in [0.717, 1.165) is 11.3 Å². The molecule has 0 aromatic heterocycles. The van der Waals surface area contributed by atoms with E-state index in [1.165, 1.54) is 18.2 Å². The van der Waals surface area contributed by atoms with Crippen LogP contribution in [0.15, 0.2) is 47.4 Å². The van der Waals surface area contributed by atoms with Crippen LogP contribution >= 0.6 is 0 Å². The van der Waals surface area contributed by atoms with Gasteiger partial charge in [0.2, 0.25) is 10.0 Å². The summed E-state index contributed by atoms with van der Waals surface area (Å²) < 4.78 is 38.4. The third kappa shape index (κ3) is 7.01. The molecule has 9 heteroatoms. The van der Waals surface area contributed by atoms with Crippen LogP contribution in [0.5, 0.6) is 5.75 Å². The number of carboxylic acid groups (broad SMARTS) is 1. The zero-order valence-electron chi connectivity index (χ0n) is 17.2. The van der Waals surface area contributed by atoms with E-state index in [9.17, 15) is 18.3 Å². The first kappa shape index (κ1) is 23.7. The molecule has 0 unspecified atom stereocenters. The first-order chi connectivity index (χ1) is 14.4. The summed E-state index contributed by atoms with van der Waals surface area (Å²) in [6, 6.07) is 11.6. The number of hydrogen-bond acceptors (Lipinski definition) is 6. The molecule has 3 N–H and O–H groups in total. The molecule has 164 valence electrons. The van der Waals surface area contributed by atoms with Crippen LogP contribution in [-0.4, -0.2) is 52.9 Å². The molecule has 0 fully saturated rings. The molecule has 0 spiro atoms. The van der Waals surface area contributed by atoms with E-state index >= 15 is 0 Å². The van der Waals surface area contributed by atoms with Crippen molar-refractivity contribution in [3.63, 3.8) is 0 Å². The quantitative estimate of drug-likeness (QED) is 0.414. The van der Waals surface area contributed by atoms with E-state index in [-0.39, 0.29) is 17.0 Å². The smallest absolute Gasteiger partial charge is 0.335 e. The molecule has 8 nitrogen and oxygen atoms in total. The molecule has 30 heavy (non-hydrogen) atoms. The molecule has 0 aliphatic carbocycles. The molecule has 0 saturated carbocycles. The third-order valence-corrected chi connectivity index (χ3v) is 5.87. The van der Waals surface area contributed by atoms with Gasteiger partial charge in [-0.3, -0.25) is 0 Å². The number of rotatable bonds is 13. The van der Waals surface area contributed by atoms with E-state index in [4.69, 9.17) is 9.47 Å². The van der Waals surface area contributed by atoms with Crippen LogP contribution in [-0.2, 0) is 21.2 Å². The third-order valence-electron chi connectivity index (χ3n) is 4.37. The Morgan fingerprint density at radius 3 is 2.47 bits per heavy atom. The molecular formula is C21H28N2O6S. The van der Waals surface area contributed by atoms with E-state index in [0.29, 0.717) is 38.3 Å². The fourth-order valence-corrected chi connectivity index (χ4v) is 4.04. The number of methoxy groups -OCH3 is 1. The molecule has 0 aliphatic heterocycles. The highest BCUT2D eigenvalue weighted by molar-refractivity contribution is 7.89. The van der Waals surface area contributed by atoms with Crippen molar-refractivity contribution in [1.29, 1.82) is 0 Å². The van der Waals surface area contributed by atoms with Gasteiger partial charge in [-0.15, -0.1) is 0 Å². The lowest BCUT2D eigenvalue weighted by molar-refractivity contribution is 0.0696. The molecule has 0 amide bonds. The maximum atomic E-state index is 12.8. The van der Waals surface area contributed by atoms with Crippen molar-refractivity contribution in [2.45, 2.75) is 24.7 Å². The van der Waals surface area contributed by atoms with Crippen LogP contribution in [0.25, 0.3) is 0 Å². The van der Waals surface area contributed by atoms with Crippen LogP contribution in [0.3, 0.4) is 0 Å². The first-order valence-electron chi connectivity index (χ1n) is 9.69. The lowest BCUT2D eigenvalue weighted by Gasteiger charge is -2.14. The molecule has 0 aliphatic rings. The Morgan fingerprint density at radius 1 is 1.10 bits per heavy atom. The average Bonchev–Trinajstić information content (AvgIpc) is 2.74. The van der Waals surface area contributed by atoms with E-state index in [1.807, 2.05) is 31.2 Å². The van der Waals surface area contributed by atoms with Crippen molar-refractivity contribution in [1.82, 2.24) is 4.72 Å². The zero-order chi connectivity index (χ0) is 22.0. The van der Waals surface area contributed by atoms with Gasteiger partial charge in [-0.2, -0.15) is 0 Å². The minimum absolute atomic E-state index is 0.0893. The van der Waals surface area contributed by atoms with Crippen LogP contribution in [0.4, 0.5) is 5.69 Å². The highest BCUT2D eigenvalue weighted by Crippen LogP contribution is 2.23. The Kier molecular flexibility index (Phi) is 9.10. The van der Waals surface area contributed by atoms with Crippen molar-refractivity contribution in [3.8, 4) is 5.75 Å². The van der Waals surface area contributed by atoms with Crippen molar-refractivity contribution < 1.29 is 27.8 Å². The number of carbonyl (C=O) groups is 1. The van der Waals surface area contributed by atoms with Gasteiger partial charge < -0.3 is 19.9 Å². The van der Waals surface area contributed by atoms with Gasteiger partial charge in [0.05, 0.1) is 18.4 Å². The maximum absolute atomic E-state index is 12.8. The van der Waals surface area contributed by atoms with Gasteiger partial charge in [-0.05, 0) is 55.7 Å². The van der Waals surface area contributed by atoms with Gasteiger partial charge in [0.1, 0.15) is 10.6 Å². The van der Waals surface area contributed by atoms with Crippen LogP contribution in [0, 0.1) is 0 Å². The maximum Gasteiger partial charge on any atom is 0.335 e. The average molecular weight is 437 g/mol. The molecule has 0 radical (unpaired) electrons. The number of nitrogens with one attached hydrogen (secondary N) is 2. The number of anilines is 1. The number of ether oxygens (including phenoxy) is 2. The second kappa shape index (κ2) is 11.5. The Labute approximate surface area is 177 Å². The van der Waals surface area contributed by atoms with Crippen LogP contribution in [0.2, 0.25) is 0 Å². The summed E-state index contributed by atoms with van der Waals surface area (Å²) >= 11 is 0. The topological polar surface area (TPSA) is 114 Å². The predicted octanol–water partition coefficient (Wildman–Crippen LogP) is 2.75. The summed E-state index contributed by atoms with van der Waals surface area (Å²) in [6.07, 6.45) is 1.18. The zero-order valence-corrected chi connectivity index (χ0v) is 18.0. The minimum Gasteiger partial charge on any atom is -0.497 e. The number of aromatic carboxylic acids is 1. The predicted molar refractivity (Wildman–Crippen MR) is 115 cm³/mol. The summed E-state index contributed by atoms with van der Waals surface area (Å²) in [4.78, 5) is 11.2. The monoisotopic (exact) mass is 436 g/mol. The van der Waals surface area contributed by atoms with Crippen molar-refractivity contribution in [3.05, 3.63) is 53.6 Å². The second-order valence-electron chi connectivity index (χ2n) is 6.49. The minimum atomic E-state index is -3.89. The van der Waals surface area contributed by atoms with E-state index in [2.05, 4.69) is 10.0 Å². The SMILES string of the molecule is CCOCCCNS(=O)(=O)c1cc(C(=O)O)ccc1NCCc1ccc(OC)cc1. The Bertz CT molecular complexity index is 929. The Balaban J connectivity index is 2.10. The second-order valence-corrected chi connectivity index (χ2v) is 8.22. The molecule has 0 atom stereocenters. The fraction of sp³-hybridized carbons (Fsp3) is 0.381. The number of sulfonamides is 1. The molecule has 2 rings (SSSR count). The molecule has 0 heterocycles. The standard InChI is InChI=1S/C21H28N2O6S/c1-3-29-14-4-12-23-30(26,27)20-15-17(21(24)25)7-10-19(20)22-13-11-16-5-8-18(28-2)9-6-16/h5-10,15,22-23H,3-4,11-14H2,1-2H3,(H,24,25). The Morgan fingerprint density at radius 2 is 1.83 bits per heavy atom. The van der Waals surface area contributed by atoms with E-state index < -0.39 is 16.0 Å². The molecule has 2 aromatic rings. The number of hydrogen-bond donors (Lipinski definition) is 3. The molecule has 2 aromatic carbocycles. The van der Waals surface area contributed by atoms with Gasteiger partial charge in [0, 0.05) is 26.3 Å². The number of carboxylic acids is 1. The van der Waals surface area contributed by atoms with Gasteiger partial charge in [-0.1, -0.05) is 12.1 Å². The van der Waals surface area contributed by atoms with E-state index in [1.54, 1.807) is 7.11 Å². The largest absolute Gasteiger partial charge is 0.497 e. The summed E-state index contributed by atoms with van der Waals surface area (Å²) in [7, 11) is -2.28. The lowest BCUT2D eigenvalue weighted by Crippen LogP contribution is -2.27. The molecular weight excluding hydrogens is 408 g/mol. The summed E-state index contributed by atoms with van der Waals surface area (Å²) in [6.45, 7) is 3.55. The number of benzene rings is 2. The fourth-order valence-electron chi connectivity index (χ4n) is 2.76. The van der Waals surface area contributed by atoms with Gasteiger partial charge in [-0.25, -0.2) is 17.9 Å². The summed E-state index contributed by atoms with van der Waals surface area (Å²) in [5.74, 6) is -0.424. The van der Waals surface area contributed by atoms with Crippen molar-refractivity contribution >= 4 is 21.7 Å². The van der Waals surface area contributed by atoms with Crippen molar-refractivity contribution in [2.24, 2.45) is 0 Å². The summed E-state index contributed by atoms with van der Waals surface area (Å²) in [5, 5.41) is 12.3. The highest BCUT2D eigenvalue weighted by Gasteiger charge is 2.20. The van der Waals surface area contributed by atoms with Gasteiger partial charge in [0.15, 0.2) is 0 Å².